The molecule has 0 atom stereocenters. The van der Waals surface area contributed by atoms with Crippen molar-refractivity contribution in [1.29, 1.82) is 0 Å². The van der Waals surface area contributed by atoms with Crippen LogP contribution in [0.4, 0.5) is 0 Å². The fraction of sp³-hybridized carbons (Fsp3) is 0.833. The van der Waals surface area contributed by atoms with Crippen LogP contribution in [-0.4, -0.2) is 24.4 Å². The molecule has 0 unspecified atom stereocenters. The molecule has 0 aromatic carbocycles. The van der Waals surface area contributed by atoms with Gasteiger partial charge in [0.05, 0.1) is 12.7 Å². The summed E-state index contributed by atoms with van der Waals surface area (Å²) >= 11 is 0. The third-order valence-corrected chi connectivity index (χ3v) is 3.08. The topological polar surface area (TPSA) is 29.5 Å². The first-order valence-corrected chi connectivity index (χ1v) is 5.65. The van der Waals surface area contributed by atoms with Crippen molar-refractivity contribution < 1.29 is 9.84 Å². The molecule has 2 nitrogen and oxygen atoms in total. The second-order valence-corrected chi connectivity index (χ2v) is 4.24. The average Bonchev–Trinajstić information content (AvgIpc) is 2.26. The fourth-order valence-electron chi connectivity index (χ4n) is 1.82. The summed E-state index contributed by atoms with van der Waals surface area (Å²) in [5, 5.41) is 8.98. The molecule has 0 heterocycles. The van der Waals surface area contributed by atoms with E-state index in [9.17, 15) is 0 Å². The summed E-state index contributed by atoms with van der Waals surface area (Å²) in [5.74, 6) is 0.518. The minimum Gasteiger partial charge on any atom is -0.396 e. The third kappa shape index (κ3) is 3.81. The van der Waals surface area contributed by atoms with Crippen molar-refractivity contribution in [3.05, 3.63) is 12.2 Å². The van der Waals surface area contributed by atoms with Crippen LogP contribution in [0.3, 0.4) is 0 Å². The lowest BCUT2D eigenvalue weighted by Crippen LogP contribution is -2.23. The molecular weight excluding hydrogens is 176 g/mol. The zero-order valence-corrected chi connectivity index (χ0v) is 9.17. The van der Waals surface area contributed by atoms with Gasteiger partial charge in [0.2, 0.25) is 0 Å². The summed E-state index contributed by atoms with van der Waals surface area (Å²) in [6.45, 7) is 7.08. The lowest BCUT2D eigenvalue weighted by Gasteiger charge is -2.27. The minimum absolute atomic E-state index is 0.342. The lowest BCUT2D eigenvalue weighted by molar-refractivity contribution is 0.0226. The lowest BCUT2D eigenvalue weighted by atomic mass is 9.88. The highest BCUT2D eigenvalue weighted by Crippen LogP contribution is 2.25. The molecule has 1 aliphatic carbocycles. The molecule has 1 rings (SSSR count). The van der Waals surface area contributed by atoms with Crippen LogP contribution in [0.25, 0.3) is 0 Å². The molecule has 14 heavy (non-hydrogen) atoms. The van der Waals surface area contributed by atoms with Crippen molar-refractivity contribution in [1.82, 2.24) is 0 Å². The van der Waals surface area contributed by atoms with Gasteiger partial charge in [-0.05, 0) is 38.0 Å². The summed E-state index contributed by atoms with van der Waals surface area (Å²) in [7, 11) is 0. The van der Waals surface area contributed by atoms with E-state index >= 15 is 0 Å². The monoisotopic (exact) mass is 198 g/mol. The molecule has 0 amide bonds. The molecule has 0 aliphatic heterocycles. The van der Waals surface area contributed by atoms with Gasteiger partial charge >= 0.3 is 0 Å². The van der Waals surface area contributed by atoms with Gasteiger partial charge in [0.15, 0.2) is 0 Å². The van der Waals surface area contributed by atoms with E-state index in [1.54, 1.807) is 0 Å². The van der Waals surface area contributed by atoms with Crippen molar-refractivity contribution in [2.75, 3.05) is 13.2 Å². The summed E-state index contributed by atoms with van der Waals surface area (Å²) in [4.78, 5) is 0. The predicted molar refractivity (Wildman–Crippen MR) is 58.2 cm³/mol. The largest absolute Gasteiger partial charge is 0.396 e. The molecule has 0 saturated heterocycles. The normalized spacial score (nSPS) is 27.6. The molecule has 1 fully saturated rings. The van der Waals surface area contributed by atoms with Gasteiger partial charge in [-0.25, -0.2) is 0 Å². The first-order chi connectivity index (χ1) is 6.76. The molecule has 0 aromatic heterocycles. The van der Waals surface area contributed by atoms with Gasteiger partial charge in [-0.2, -0.15) is 0 Å². The van der Waals surface area contributed by atoms with E-state index in [0.29, 0.717) is 25.2 Å². The number of rotatable bonds is 5. The van der Waals surface area contributed by atoms with Gasteiger partial charge in [0.1, 0.15) is 0 Å². The molecule has 1 N–H and O–H groups in total. The quantitative estimate of drug-likeness (QED) is 0.688. The molecular formula is C12H22O2. The predicted octanol–water partition coefficient (Wildman–Crippen LogP) is 2.52. The molecule has 0 aromatic rings. The van der Waals surface area contributed by atoms with E-state index < -0.39 is 0 Å². The highest BCUT2D eigenvalue weighted by Gasteiger charge is 2.20. The fourth-order valence-corrected chi connectivity index (χ4v) is 1.82. The van der Waals surface area contributed by atoms with Crippen molar-refractivity contribution in [3.8, 4) is 0 Å². The number of hydrogen-bond donors (Lipinski definition) is 1. The Hall–Kier alpha value is -0.340. The summed E-state index contributed by atoms with van der Waals surface area (Å²) < 4.78 is 5.75. The van der Waals surface area contributed by atoms with Gasteiger partial charge in [-0.3, -0.25) is 0 Å². The Morgan fingerprint density at radius 3 is 2.50 bits per heavy atom. The SMILES string of the molecule is C=C(CC)COC1CCC(CO)CC1. The van der Waals surface area contributed by atoms with Gasteiger partial charge in [-0.1, -0.05) is 19.1 Å². The van der Waals surface area contributed by atoms with Crippen molar-refractivity contribution >= 4 is 0 Å². The van der Waals surface area contributed by atoms with Crippen LogP contribution in [0.2, 0.25) is 0 Å². The van der Waals surface area contributed by atoms with Crippen molar-refractivity contribution in [2.24, 2.45) is 5.92 Å². The number of aliphatic hydroxyl groups is 1. The van der Waals surface area contributed by atoms with Crippen LogP contribution < -0.4 is 0 Å². The van der Waals surface area contributed by atoms with Crippen LogP contribution in [-0.2, 0) is 4.74 Å². The van der Waals surface area contributed by atoms with E-state index in [-0.39, 0.29) is 0 Å². The minimum atomic E-state index is 0.342. The van der Waals surface area contributed by atoms with E-state index in [0.717, 1.165) is 32.1 Å². The number of ether oxygens (including phenoxy) is 1. The molecule has 1 saturated carbocycles. The molecule has 0 spiro atoms. The first-order valence-electron chi connectivity index (χ1n) is 5.65. The smallest absolute Gasteiger partial charge is 0.0677 e. The molecule has 1 aliphatic rings. The van der Waals surface area contributed by atoms with Crippen molar-refractivity contribution in [2.45, 2.75) is 45.1 Å². The maximum atomic E-state index is 8.98. The summed E-state index contributed by atoms with van der Waals surface area (Å²) in [5.41, 5.74) is 1.18. The van der Waals surface area contributed by atoms with Gasteiger partial charge in [0.25, 0.3) is 0 Å². The van der Waals surface area contributed by atoms with Crippen molar-refractivity contribution in [3.63, 3.8) is 0 Å². The van der Waals surface area contributed by atoms with Crippen LogP contribution in [0.1, 0.15) is 39.0 Å². The molecule has 0 bridgehead atoms. The van der Waals surface area contributed by atoms with Crippen LogP contribution in [0.15, 0.2) is 12.2 Å². The van der Waals surface area contributed by atoms with Crippen LogP contribution in [0.5, 0.6) is 0 Å². The Balaban J connectivity index is 2.13. The summed E-state index contributed by atoms with van der Waals surface area (Å²) in [6.07, 6.45) is 5.83. The Labute approximate surface area is 87.0 Å². The standard InChI is InChI=1S/C12H22O2/c1-3-10(2)9-14-12-6-4-11(8-13)5-7-12/h11-13H,2-9H2,1H3. The maximum absolute atomic E-state index is 8.98. The Kier molecular flexibility index (Phi) is 5.20. The van der Waals surface area contributed by atoms with Gasteiger partial charge in [-0.15, -0.1) is 0 Å². The molecule has 2 heteroatoms. The zero-order valence-electron chi connectivity index (χ0n) is 9.17. The third-order valence-electron chi connectivity index (χ3n) is 3.08. The maximum Gasteiger partial charge on any atom is 0.0677 e. The molecule has 82 valence electrons. The highest BCUT2D eigenvalue weighted by atomic mass is 16.5. The Bertz CT molecular complexity index is 169. The second-order valence-electron chi connectivity index (χ2n) is 4.24. The first kappa shape index (κ1) is 11.7. The van der Waals surface area contributed by atoms with E-state index in [1.165, 1.54) is 5.57 Å². The number of hydrogen-bond acceptors (Lipinski definition) is 2. The zero-order chi connectivity index (χ0) is 10.4. The van der Waals surface area contributed by atoms with Crippen LogP contribution >= 0.6 is 0 Å². The highest BCUT2D eigenvalue weighted by molar-refractivity contribution is 4.92. The Morgan fingerprint density at radius 2 is 2.00 bits per heavy atom. The van der Waals surface area contributed by atoms with Gasteiger partial charge < -0.3 is 9.84 Å². The summed E-state index contributed by atoms with van der Waals surface area (Å²) in [6, 6.07) is 0. The van der Waals surface area contributed by atoms with Gasteiger partial charge in [0, 0.05) is 6.61 Å². The number of aliphatic hydroxyl groups excluding tert-OH is 1. The molecule has 0 radical (unpaired) electrons. The Morgan fingerprint density at radius 1 is 1.36 bits per heavy atom. The van der Waals surface area contributed by atoms with Crippen LogP contribution in [0, 0.1) is 5.92 Å². The van der Waals surface area contributed by atoms with E-state index in [1.807, 2.05) is 0 Å². The average molecular weight is 198 g/mol. The van der Waals surface area contributed by atoms with E-state index in [2.05, 4.69) is 13.5 Å². The second kappa shape index (κ2) is 6.20. The van der Waals surface area contributed by atoms with E-state index in [4.69, 9.17) is 9.84 Å².